The quantitative estimate of drug-likeness (QED) is 0.194. The van der Waals surface area contributed by atoms with E-state index in [0.717, 1.165) is 37.5 Å². The lowest BCUT2D eigenvalue weighted by Gasteiger charge is -2.39. The molecule has 0 spiro atoms. The van der Waals surface area contributed by atoms with E-state index in [1.165, 1.54) is 4.52 Å². The van der Waals surface area contributed by atoms with Gasteiger partial charge in [0.2, 0.25) is 17.7 Å². The topological polar surface area (TPSA) is 134 Å². The van der Waals surface area contributed by atoms with Gasteiger partial charge in [-0.15, -0.1) is 5.10 Å². The Hall–Kier alpha value is -4.65. The van der Waals surface area contributed by atoms with E-state index in [2.05, 4.69) is 48.8 Å². The Labute approximate surface area is 251 Å². The van der Waals surface area contributed by atoms with Gasteiger partial charge in [-0.25, -0.2) is 9.99 Å². The third-order valence-electron chi connectivity index (χ3n) is 7.57. The van der Waals surface area contributed by atoms with Gasteiger partial charge in [0.25, 0.3) is 0 Å². The summed E-state index contributed by atoms with van der Waals surface area (Å²) in [5.41, 5.74) is 8.61. The Morgan fingerprint density at radius 1 is 1.16 bits per heavy atom. The molecule has 13 heteroatoms. The fourth-order valence-corrected chi connectivity index (χ4v) is 5.22. The second-order valence-electron chi connectivity index (χ2n) is 10.8. The molecular weight excluding hydrogens is 548 g/mol. The van der Waals surface area contributed by atoms with E-state index in [0.29, 0.717) is 54.7 Å². The molecule has 1 saturated heterocycles. The van der Waals surface area contributed by atoms with E-state index in [1.54, 1.807) is 23.4 Å². The summed E-state index contributed by atoms with van der Waals surface area (Å²) in [6.07, 6.45) is 2.91. The van der Waals surface area contributed by atoms with Crippen LogP contribution in [0.4, 0.5) is 17.5 Å². The number of benzene rings is 1. The molecule has 13 nitrogen and oxygen atoms in total. The second kappa shape index (κ2) is 13.1. The molecule has 1 fully saturated rings. The van der Waals surface area contributed by atoms with Crippen molar-refractivity contribution >= 4 is 35.7 Å². The standard InChI is InChI=1S/C30H40N10O3/c1-6-8-24(29(41)38-16-14-37(15-17-38)22-10-12-23(13-11-22)42-20-18-36(4)5)39(32-3)28-21(2)27-33-26(25-9-7-19-43-25)35-40(27)30(31)34-28/h7,9-13,19,24H,3,6,8,14-18,20H2,1-2,4-5H3,(H2,31,34)/t24-/m0/s1. The summed E-state index contributed by atoms with van der Waals surface area (Å²) in [5, 5.41) is 10.3. The van der Waals surface area contributed by atoms with Crippen molar-refractivity contribution in [1.29, 1.82) is 0 Å². The monoisotopic (exact) mass is 588 g/mol. The predicted molar refractivity (Wildman–Crippen MR) is 168 cm³/mol. The van der Waals surface area contributed by atoms with Crippen molar-refractivity contribution in [3.63, 3.8) is 0 Å². The number of aromatic nitrogens is 4. The number of likely N-dealkylation sites (N-methyl/N-ethyl adjacent to an activating group) is 1. The number of carbonyl (C=O) groups is 1. The Morgan fingerprint density at radius 3 is 2.53 bits per heavy atom. The number of ether oxygens (including phenoxy) is 1. The SMILES string of the molecule is C=NN(c1nc(N)n2nc(-c3ccco3)nc2c1C)[C@@H](CCC)C(=O)N1CCN(c2ccc(OCCN(C)C)cc2)CC1. The average Bonchev–Trinajstić information content (AvgIpc) is 3.71. The van der Waals surface area contributed by atoms with Crippen LogP contribution >= 0.6 is 0 Å². The number of amides is 1. The Kier molecular flexibility index (Phi) is 9.10. The van der Waals surface area contributed by atoms with E-state index in [-0.39, 0.29) is 11.9 Å². The van der Waals surface area contributed by atoms with E-state index >= 15 is 0 Å². The largest absolute Gasteiger partial charge is 0.492 e. The van der Waals surface area contributed by atoms with Gasteiger partial charge in [-0.05, 0) is 63.8 Å². The number of anilines is 3. The molecular formula is C30H40N10O3. The van der Waals surface area contributed by atoms with Crippen LogP contribution in [-0.4, -0.2) is 101 Å². The zero-order chi connectivity index (χ0) is 30.5. The van der Waals surface area contributed by atoms with E-state index in [9.17, 15) is 4.79 Å². The van der Waals surface area contributed by atoms with E-state index in [4.69, 9.17) is 14.9 Å². The molecule has 1 aliphatic heterocycles. The molecule has 0 radical (unpaired) electrons. The maximum Gasteiger partial charge on any atom is 0.247 e. The number of carbonyl (C=O) groups excluding carboxylic acids is 1. The summed E-state index contributed by atoms with van der Waals surface area (Å²) < 4.78 is 12.8. The summed E-state index contributed by atoms with van der Waals surface area (Å²) >= 11 is 0. The van der Waals surface area contributed by atoms with Gasteiger partial charge < -0.3 is 29.6 Å². The highest BCUT2D eigenvalue weighted by Crippen LogP contribution is 2.29. The van der Waals surface area contributed by atoms with Gasteiger partial charge in [0, 0.05) is 50.7 Å². The zero-order valence-electron chi connectivity index (χ0n) is 25.3. The number of hydrogen-bond acceptors (Lipinski definition) is 11. The van der Waals surface area contributed by atoms with Crippen LogP contribution in [0.3, 0.4) is 0 Å². The van der Waals surface area contributed by atoms with Crippen LogP contribution in [0.2, 0.25) is 0 Å². The van der Waals surface area contributed by atoms with Gasteiger partial charge in [-0.1, -0.05) is 13.3 Å². The summed E-state index contributed by atoms with van der Waals surface area (Å²) in [7, 11) is 4.05. The number of rotatable bonds is 12. The number of hydrazone groups is 1. The van der Waals surface area contributed by atoms with Crippen LogP contribution in [0.25, 0.3) is 17.2 Å². The van der Waals surface area contributed by atoms with Crippen LogP contribution in [0.1, 0.15) is 25.3 Å². The van der Waals surface area contributed by atoms with Crippen LogP contribution in [-0.2, 0) is 4.79 Å². The van der Waals surface area contributed by atoms with Gasteiger partial charge in [-0.2, -0.15) is 14.6 Å². The Bertz CT molecular complexity index is 1530. The molecule has 3 aromatic heterocycles. The number of nitrogens with two attached hydrogens (primary N) is 1. The molecule has 2 N–H and O–H groups in total. The smallest absolute Gasteiger partial charge is 0.247 e. The first-order chi connectivity index (χ1) is 20.8. The van der Waals surface area contributed by atoms with Crippen LogP contribution in [0.5, 0.6) is 5.75 Å². The molecule has 0 unspecified atom stereocenters. The van der Waals surface area contributed by atoms with Crippen molar-refractivity contribution in [3.8, 4) is 17.3 Å². The average molecular weight is 589 g/mol. The number of nitrogen functional groups attached to an aromatic ring is 1. The molecule has 4 heterocycles. The molecule has 0 aliphatic carbocycles. The third-order valence-corrected chi connectivity index (χ3v) is 7.57. The zero-order valence-corrected chi connectivity index (χ0v) is 25.3. The first-order valence-corrected chi connectivity index (χ1v) is 14.5. The number of nitrogens with zero attached hydrogens (tertiary/aromatic N) is 9. The number of furan rings is 1. The summed E-state index contributed by atoms with van der Waals surface area (Å²) in [6, 6.07) is 11.1. The molecule has 1 aromatic carbocycles. The molecule has 1 amide bonds. The van der Waals surface area contributed by atoms with E-state index < -0.39 is 6.04 Å². The lowest BCUT2D eigenvalue weighted by molar-refractivity contribution is -0.133. The lowest BCUT2D eigenvalue weighted by atomic mass is 10.1. The first kappa shape index (κ1) is 29.8. The fourth-order valence-electron chi connectivity index (χ4n) is 5.22. The van der Waals surface area contributed by atoms with Crippen LogP contribution in [0.15, 0.2) is 52.2 Å². The Morgan fingerprint density at radius 2 is 1.91 bits per heavy atom. The maximum atomic E-state index is 14.0. The normalized spacial score (nSPS) is 14.3. The number of fused-ring (bicyclic) bond motifs is 1. The van der Waals surface area contributed by atoms with Gasteiger partial charge in [0.1, 0.15) is 18.4 Å². The van der Waals surface area contributed by atoms with Gasteiger partial charge in [0.05, 0.1) is 6.26 Å². The molecule has 43 heavy (non-hydrogen) atoms. The van der Waals surface area contributed by atoms with Crippen molar-refractivity contribution < 1.29 is 13.9 Å². The van der Waals surface area contributed by atoms with Gasteiger partial charge in [-0.3, -0.25) is 4.79 Å². The van der Waals surface area contributed by atoms with Crippen LogP contribution in [0, 0.1) is 6.92 Å². The summed E-state index contributed by atoms with van der Waals surface area (Å²) in [4.78, 5) is 29.5. The molecule has 0 saturated carbocycles. The van der Waals surface area contributed by atoms with Crippen LogP contribution < -0.4 is 20.4 Å². The maximum absolute atomic E-state index is 14.0. The molecule has 0 bridgehead atoms. The van der Waals surface area contributed by atoms with Crippen molar-refractivity contribution in [2.75, 3.05) is 69.1 Å². The lowest BCUT2D eigenvalue weighted by Crippen LogP contribution is -2.54. The minimum Gasteiger partial charge on any atom is -0.492 e. The molecule has 1 atom stereocenters. The number of hydrogen-bond donors (Lipinski definition) is 1. The minimum atomic E-state index is -0.590. The number of piperazine rings is 1. The van der Waals surface area contributed by atoms with E-state index in [1.807, 2.05) is 45.0 Å². The third kappa shape index (κ3) is 6.41. The first-order valence-electron chi connectivity index (χ1n) is 14.5. The highest BCUT2D eigenvalue weighted by Gasteiger charge is 2.34. The van der Waals surface area contributed by atoms with Crippen molar-refractivity contribution in [2.45, 2.75) is 32.7 Å². The molecule has 228 valence electrons. The fraction of sp³-hybridized carbons (Fsp3) is 0.433. The number of aryl methyl sites for hydroxylation is 1. The highest BCUT2D eigenvalue weighted by molar-refractivity contribution is 5.86. The van der Waals surface area contributed by atoms with Gasteiger partial charge in [0.15, 0.2) is 17.2 Å². The molecule has 5 rings (SSSR count). The van der Waals surface area contributed by atoms with Crippen molar-refractivity contribution in [1.82, 2.24) is 29.4 Å². The summed E-state index contributed by atoms with van der Waals surface area (Å²) in [6.45, 7) is 11.8. The Balaban J connectivity index is 1.30. The minimum absolute atomic E-state index is 0.0177. The summed E-state index contributed by atoms with van der Waals surface area (Å²) in [5.74, 6) is 2.30. The molecule has 4 aromatic rings. The van der Waals surface area contributed by atoms with Gasteiger partial charge >= 0.3 is 0 Å². The highest BCUT2D eigenvalue weighted by atomic mass is 16.5. The van der Waals surface area contributed by atoms with Crippen molar-refractivity contribution in [3.05, 3.63) is 48.2 Å². The second-order valence-corrected chi connectivity index (χ2v) is 10.8. The predicted octanol–water partition coefficient (Wildman–Crippen LogP) is 3.15. The van der Waals surface area contributed by atoms with Crippen molar-refractivity contribution in [2.24, 2.45) is 5.10 Å². The molecule has 1 aliphatic rings.